The van der Waals surface area contributed by atoms with Crippen LogP contribution in [-0.4, -0.2) is 17.8 Å². The Kier molecular flexibility index (Phi) is 6.26. The van der Waals surface area contributed by atoms with E-state index >= 15 is 0 Å². The number of ketones is 1. The first-order valence-electron chi connectivity index (χ1n) is 8.87. The molecule has 142 valence electrons. The van der Waals surface area contributed by atoms with Crippen LogP contribution in [0.25, 0.3) is 0 Å². The molecule has 0 aliphatic heterocycles. The van der Waals surface area contributed by atoms with Gasteiger partial charge in [-0.2, -0.15) is 0 Å². The minimum atomic E-state index is -0.606. The Bertz CT molecular complexity index is 964. The van der Waals surface area contributed by atoms with Crippen molar-refractivity contribution in [3.05, 3.63) is 94.0 Å². The summed E-state index contributed by atoms with van der Waals surface area (Å²) in [4.78, 5) is 24.7. The molecule has 0 saturated carbocycles. The quantitative estimate of drug-likeness (QED) is 0.506. The monoisotopic (exact) mass is 437 g/mol. The smallest absolute Gasteiger partial charge is 0.255 e. The Morgan fingerprint density at radius 3 is 2.04 bits per heavy atom. The summed E-state index contributed by atoms with van der Waals surface area (Å²) < 4.78 is 6.67. The third-order valence-electron chi connectivity index (χ3n) is 4.24. The lowest BCUT2D eigenvalue weighted by Gasteiger charge is -2.14. The molecule has 0 bridgehead atoms. The molecule has 0 aliphatic rings. The number of rotatable bonds is 6. The number of Topliss-reactive ketones (excluding diaryl/α,β-unsaturated/α-hetero) is 1. The van der Waals surface area contributed by atoms with Crippen LogP contribution in [0.3, 0.4) is 0 Å². The van der Waals surface area contributed by atoms with Gasteiger partial charge in [0.1, 0.15) is 5.75 Å². The summed E-state index contributed by atoms with van der Waals surface area (Å²) in [5.74, 6) is 0.298. The number of halogens is 1. The minimum absolute atomic E-state index is 0.0763. The zero-order chi connectivity index (χ0) is 20.1. The van der Waals surface area contributed by atoms with E-state index in [-0.39, 0.29) is 11.7 Å². The van der Waals surface area contributed by atoms with Gasteiger partial charge in [-0.25, -0.2) is 0 Å². The molecule has 0 radical (unpaired) electrons. The van der Waals surface area contributed by atoms with E-state index in [2.05, 4.69) is 21.2 Å². The average Bonchev–Trinajstić information content (AvgIpc) is 2.70. The van der Waals surface area contributed by atoms with Gasteiger partial charge in [0.05, 0.1) is 0 Å². The largest absolute Gasteiger partial charge is 0.483 e. The maximum atomic E-state index is 12.5. The third-order valence-corrected chi connectivity index (χ3v) is 4.77. The highest BCUT2D eigenvalue weighted by atomic mass is 79.9. The topological polar surface area (TPSA) is 55.4 Å². The first-order valence-corrected chi connectivity index (χ1v) is 9.66. The molecule has 1 amide bonds. The Labute approximate surface area is 172 Å². The molecular formula is C23H20BrNO3. The fraction of sp³-hybridized carbons (Fsp3) is 0.130. The number of hydrogen-bond donors (Lipinski definition) is 1. The number of ether oxygens (including phenoxy) is 1. The highest BCUT2D eigenvalue weighted by Gasteiger charge is 2.17. The predicted molar refractivity (Wildman–Crippen MR) is 114 cm³/mol. The first-order chi connectivity index (χ1) is 13.4. The van der Waals surface area contributed by atoms with Crippen LogP contribution in [0.1, 0.15) is 33.2 Å². The molecule has 3 aromatic rings. The number of anilines is 1. The number of carbonyl (C=O) groups is 2. The van der Waals surface area contributed by atoms with Gasteiger partial charge in [-0.05, 0) is 62.4 Å². The van der Waals surface area contributed by atoms with Crippen LogP contribution in [-0.2, 0) is 0 Å². The second-order valence-electron chi connectivity index (χ2n) is 6.48. The zero-order valence-electron chi connectivity index (χ0n) is 15.6. The van der Waals surface area contributed by atoms with Gasteiger partial charge in [0.2, 0.25) is 5.78 Å². The Morgan fingerprint density at radius 2 is 1.43 bits per heavy atom. The Hall–Kier alpha value is -2.92. The summed E-state index contributed by atoms with van der Waals surface area (Å²) in [6.07, 6.45) is -0.606. The minimum Gasteiger partial charge on any atom is -0.483 e. The molecule has 28 heavy (non-hydrogen) atoms. The zero-order valence-corrected chi connectivity index (χ0v) is 17.2. The van der Waals surface area contributed by atoms with E-state index in [1.54, 1.807) is 55.5 Å². The summed E-state index contributed by atoms with van der Waals surface area (Å²) >= 11 is 3.35. The second kappa shape index (κ2) is 8.85. The Balaban J connectivity index is 1.60. The lowest BCUT2D eigenvalue weighted by molar-refractivity contribution is 0.0818. The third kappa shape index (κ3) is 5.08. The van der Waals surface area contributed by atoms with Crippen LogP contribution in [0.2, 0.25) is 0 Å². The number of carbonyl (C=O) groups excluding carboxylic acids is 2. The van der Waals surface area contributed by atoms with Gasteiger partial charge in [-0.1, -0.05) is 45.8 Å². The van der Waals surface area contributed by atoms with Crippen LogP contribution in [0.15, 0.2) is 77.3 Å². The van der Waals surface area contributed by atoms with Crippen LogP contribution in [0, 0.1) is 6.92 Å². The lowest BCUT2D eigenvalue weighted by atomic mass is 10.1. The van der Waals surface area contributed by atoms with Crippen molar-refractivity contribution in [2.45, 2.75) is 20.0 Å². The summed E-state index contributed by atoms with van der Waals surface area (Å²) in [6.45, 7) is 3.71. The fourth-order valence-corrected chi connectivity index (χ4v) is 2.90. The van der Waals surface area contributed by atoms with Gasteiger partial charge >= 0.3 is 0 Å². The van der Waals surface area contributed by atoms with Crippen molar-refractivity contribution in [2.24, 2.45) is 0 Å². The number of amides is 1. The van der Waals surface area contributed by atoms with E-state index in [1.165, 1.54) is 0 Å². The van der Waals surface area contributed by atoms with Crippen molar-refractivity contribution in [1.82, 2.24) is 0 Å². The average molecular weight is 438 g/mol. The van der Waals surface area contributed by atoms with Gasteiger partial charge in [0, 0.05) is 21.3 Å². The van der Waals surface area contributed by atoms with Gasteiger partial charge in [-0.3, -0.25) is 9.59 Å². The maximum absolute atomic E-state index is 12.5. The molecule has 5 heteroatoms. The van der Waals surface area contributed by atoms with Crippen molar-refractivity contribution in [3.63, 3.8) is 0 Å². The number of aryl methyl sites for hydroxylation is 1. The highest BCUT2D eigenvalue weighted by molar-refractivity contribution is 9.10. The summed E-state index contributed by atoms with van der Waals surface area (Å²) in [5, 5.41) is 2.84. The number of benzene rings is 3. The summed E-state index contributed by atoms with van der Waals surface area (Å²) in [5.41, 5.74) is 2.95. The van der Waals surface area contributed by atoms with Gasteiger partial charge in [0.15, 0.2) is 6.10 Å². The van der Waals surface area contributed by atoms with Crippen molar-refractivity contribution >= 4 is 33.3 Å². The molecule has 1 atom stereocenters. The Morgan fingerprint density at radius 1 is 0.857 bits per heavy atom. The van der Waals surface area contributed by atoms with Crippen LogP contribution < -0.4 is 10.1 Å². The van der Waals surface area contributed by atoms with E-state index in [1.807, 2.05) is 31.2 Å². The molecular weight excluding hydrogens is 418 g/mol. The van der Waals surface area contributed by atoms with E-state index in [4.69, 9.17) is 4.74 Å². The molecule has 3 aromatic carbocycles. The van der Waals surface area contributed by atoms with Gasteiger partial charge in [-0.15, -0.1) is 0 Å². The molecule has 4 nitrogen and oxygen atoms in total. The second-order valence-corrected chi connectivity index (χ2v) is 7.39. The SMILES string of the molecule is Cc1ccc(C(=O)C(C)Oc2ccc(NC(=O)c3ccc(Br)cc3)cc2)cc1. The van der Waals surface area contributed by atoms with Crippen molar-refractivity contribution in [3.8, 4) is 5.75 Å². The number of hydrogen-bond acceptors (Lipinski definition) is 3. The normalized spacial score (nSPS) is 11.5. The molecule has 0 heterocycles. The standard InChI is InChI=1S/C23H20BrNO3/c1-15-3-5-17(6-4-15)22(26)16(2)28-21-13-11-20(12-14-21)25-23(27)18-7-9-19(24)10-8-18/h3-14,16H,1-2H3,(H,25,27). The predicted octanol–water partition coefficient (Wildman–Crippen LogP) is 5.66. The first kappa shape index (κ1) is 19.8. The molecule has 3 rings (SSSR count). The fourth-order valence-electron chi connectivity index (χ4n) is 2.63. The van der Waals surface area contributed by atoms with Crippen molar-refractivity contribution < 1.29 is 14.3 Å². The molecule has 1 unspecified atom stereocenters. The highest BCUT2D eigenvalue weighted by Crippen LogP contribution is 2.19. The molecule has 0 fully saturated rings. The van der Waals surface area contributed by atoms with Crippen LogP contribution >= 0.6 is 15.9 Å². The molecule has 0 aromatic heterocycles. The van der Waals surface area contributed by atoms with E-state index in [0.717, 1.165) is 10.0 Å². The molecule has 0 spiro atoms. The van der Waals surface area contributed by atoms with Crippen molar-refractivity contribution in [1.29, 1.82) is 0 Å². The van der Waals surface area contributed by atoms with Crippen LogP contribution in [0.5, 0.6) is 5.75 Å². The van der Waals surface area contributed by atoms with Crippen molar-refractivity contribution in [2.75, 3.05) is 5.32 Å². The van der Waals surface area contributed by atoms with E-state index < -0.39 is 6.10 Å². The maximum Gasteiger partial charge on any atom is 0.255 e. The molecule has 0 aliphatic carbocycles. The summed E-state index contributed by atoms with van der Waals surface area (Å²) in [7, 11) is 0. The molecule has 1 N–H and O–H groups in total. The van der Waals surface area contributed by atoms with Gasteiger partial charge in [0.25, 0.3) is 5.91 Å². The molecule has 0 saturated heterocycles. The van der Waals surface area contributed by atoms with Crippen LogP contribution in [0.4, 0.5) is 5.69 Å². The lowest BCUT2D eigenvalue weighted by Crippen LogP contribution is -2.23. The number of nitrogens with one attached hydrogen (secondary N) is 1. The van der Waals surface area contributed by atoms with Gasteiger partial charge < -0.3 is 10.1 Å². The van der Waals surface area contributed by atoms with E-state index in [9.17, 15) is 9.59 Å². The summed E-state index contributed by atoms with van der Waals surface area (Å²) in [6, 6.07) is 21.5. The van der Waals surface area contributed by atoms with E-state index in [0.29, 0.717) is 22.6 Å².